The average molecular weight is 267 g/mol. The van der Waals surface area contributed by atoms with Gasteiger partial charge in [-0.25, -0.2) is 0 Å². The zero-order valence-electron chi connectivity index (χ0n) is 11.0. The van der Waals surface area contributed by atoms with Crippen LogP contribution in [0, 0.1) is 5.92 Å². The highest BCUT2D eigenvalue weighted by Crippen LogP contribution is 2.17. The molecule has 1 saturated heterocycles. The third-order valence-electron chi connectivity index (χ3n) is 3.82. The first-order chi connectivity index (χ1) is 9.16. The van der Waals surface area contributed by atoms with Crippen LogP contribution in [-0.4, -0.2) is 23.8 Å². The summed E-state index contributed by atoms with van der Waals surface area (Å²) in [7, 11) is 0. The number of amides is 3. The van der Waals surface area contributed by atoms with Gasteiger partial charge in [-0.05, 0) is 19.3 Å². The summed E-state index contributed by atoms with van der Waals surface area (Å²) < 4.78 is 0. The maximum Gasteiger partial charge on any atom is 0.251 e. The molecule has 0 radical (unpaired) electrons. The standard InChI is InChI=1S/C13H21N3O3/c17-11(14-9-5-3-1-2-4-6-9)8-7-10-12(18)15-16-13(10)19/h9-10H,1-8H2,(H,14,17)(H,15,18)(H,16,19). The second kappa shape index (κ2) is 6.54. The van der Waals surface area contributed by atoms with Crippen molar-refractivity contribution in [1.82, 2.24) is 16.2 Å². The maximum absolute atomic E-state index is 11.8. The molecule has 0 bridgehead atoms. The molecule has 0 atom stereocenters. The Labute approximate surface area is 112 Å². The fraction of sp³-hybridized carbons (Fsp3) is 0.769. The van der Waals surface area contributed by atoms with Crippen molar-refractivity contribution < 1.29 is 14.4 Å². The SMILES string of the molecule is O=C(CCC1C(=O)NNC1=O)NC1CCCCCC1. The number of nitrogens with one attached hydrogen (secondary N) is 3. The van der Waals surface area contributed by atoms with E-state index < -0.39 is 5.92 Å². The van der Waals surface area contributed by atoms with Gasteiger partial charge in [0.25, 0.3) is 11.8 Å². The molecule has 3 amide bonds. The number of hydrogen-bond donors (Lipinski definition) is 3. The molecule has 2 fully saturated rings. The summed E-state index contributed by atoms with van der Waals surface area (Å²) in [5.74, 6) is -1.46. The molecule has 0 aromatic heterocycles. The monoisotopic (exact) mass is 267 g/mol. The van der Waals surface area contributed by atoms with Gasteiger partial charge in [0, 0.05) is 12.5 Å². The first-order valence-corrected chi connectivity index (χ1v) is 7.06. The second-order valence-electron chi connectivity index (χ2n) is 5.33. The number of rotatable bonds is 4. The average Bonchev–Trinajstić information content (AvgIpc) is 2.59. The van der Waals surface area contributed by atoms with Crippen LogP contribution in [-0.2, 0) is 14.4 Å². The predicted octanol–water partition coefficient (Wildman–Crippen LogP) is 0.383. The zero-order valence-corrected chi connectivity index (χ0v) is 11.0. The van der Waals surface area contributed by atoms with Crippen molar-refractivity contribution >= 4 is 17.7 Å². The zero-order chi connectivity index (χ0) is 13.7. The van der Waals surface area contributed by atoms with Crippen LogP contribution in [0.25, 0.3) is 0 Å². The fourth-order valence-corrected chi connectivity index (χ4v) is 2.68. The summed E-state index contributed by atoms with van der Waals surface area (Å²) >= 11 is 0. The normalized spacial score (nSPS) is 21.7. The van der Waals surface area contributed by atoms with Crippen LogP contribution >= 0.6 is 0 Å². The van der Waals surface area contributed by atoms with Crippen molar-refractivity contribution in [2.75, 3.05) is 0 Å². The largest absolute Gasteiger partial charge is 0.353 e. The summed E-state index contributed by atoms with van der Waals surface area (Å²) in [5, 5.41) is 3.01. The van der Waals surface area contributed by atoms with Gasteiger partial charge in [0.15, 0.2) is 0 Å². The molecule has 1 aliphatic carbocycles. The van der Waals surface area contributed by atoms with Crippen molar-refractivity contribution in [1.29, 1.82) is 0 Å². The van der Waals surface area contributed by atoms with Crippen molar-refractivity contribution in [2.45, 2.75) is 57.4 Å². The number of carbonyl (C=O) groups excluding carboxylic acids is 3. The molecular formula is C13H21N3O3. The Balaban J connectivity index is 1.72. The van der Waals surface area contributed by atoms with Gasteiger partial charge in [-0.1, -0.05) is 25.7 Å². The highest BCUT2D eigenvalue weighted by Gasteiger charge is 2.33. The first kappa shape index (κ1) is 13.8. The lowest BCUT2D eigenvalue weighted by molar-refractivity contribution is -0.128. The van der Waals surface area contributed by atoms with Crippen molar-refractivity contribution in [3.8, 4) is 0 Å². The predicted molar refractivity (Wildman–Crippen MR) is 68.6 cm³/mol. The van der Waals surface area contributed by atoms with E-state index in [1.165, 1.54) is 25.7 Å². The minimum Gasteiger partial charge on any atom is -0.353 e. The molecule has 1 saturated carbocycles. The van der Waals surface area contributed by atoms with Gasteiger partial charge in [0.2, 0.25) is 5.91 Å². The molecule has 0 aromatic rings. The van der Waals surface area contributed by atoms with Gasteiger partial charge in [0.05, 0.1) is 0 Å². The van der Waals surface area contributed by atoms with Crippen molar-refractivity contribution in [3.63, 3.8) is 0 Å². The molecule has 0 spiro atoms. The van der Waals surface area contributed by atoms with E-state index in [9.17, 15) is 14.4 Å². The topological polar surface area (TPSA) is 87.3 Å². The van der Waals surface area contributed by atoms with Crippen LogP contribution in [0.5, 0.6) is 0 Å². The molecule has 6 heteroatoms. The summed E-state index contributed by atoms with van der Waals surface area (Å²) in [4.78, 5) is 34.4. The summed E-state index contributed by atoms with van der Waals surface area (Å²) in [5.41, 5.74) is 4.53. The molecule has 6 nitrogen and oxygen atoms in total. The van der Waals surface area contributed by atoms with E-state index in [0.29, 0.717) is 0 Å². The first-order valence-electron chi connectivity index (χ1n) is 7.06. The van der Waals surface area contributed by atoms with Crippen molar-refractivity contribution in [3.05, 3.63) is 0 Å². The van der Waals surface area contributed by atoms with Gasteiger partial charge in [-0.15, -0.1) is 0 Å². The van der Waals surface area contributed by atoms with Crippen LogP contribution in [0.1, 0.15) is 51.4 Å². The van der Waals surface area contributed by atoms with E-state index in [0.717, 1.165) is 12.8 Å². The third-order valence-corrected chi connectivity index (χ3v) is 3.82. The Hall–Kier alpha value is -1.59. The lowest BCUT2D eigenvalue weighted by Crippen LogP contribution is -2.35. The van der Waals surface area contributed by atoms with Gasteiger partial charge < -0.3 is 5.32 Å². The van der Waals surface area contributed by atoms with Crippen LogP contribution in [0.2, 0.25) is 0 Å². The van der Waals surface area contributed by atoms with Gasteiger partial charge >= 0.3 is 0 Å². The van der Waals surface area contributed by atoms with E-state index in [4.69, 9.17) is 0 Å². The molecule has 19 heavy (non-hydrogen) atoms. The fourth-order valence-electron chi connectivity index (χ4n) is 2.68. The molecule has 1 aliphatic heterocycles. The minimum atomic E-state index is -0.722. The van der Waals surface area contributed by atoms with E-state index in [1.54, 1.807) is 0 Å². The Morgan fingerprint density at radius 1 is 1.05 bits per heavy atom. The quantitative estimate of drug-likeness (QED) is 0.508. The van der Waals surface area contributed by atoms with Crippen LogP contribution in [0.3, 0.4) is 0 Å². The summed E-state index contributed by atoms with van der Waals surface area (Å²) in [6.45, 7) is 0. The third kappa shape index (κ3) is 3.94. The maximum atomic E-state index is 11.8. The van der Waals surface area contributed by atoms with Crippen LogP contribution in [0.15, 0.2) is 0 Å². The number of hydrazine groups is 1. The van der Waals surface area contributed by atoms with Gasteiger partial charge in [0.1, 0.15) is 5.92 Å². The van der Waals surface area contributed by atoms with E-state index in [1.807, 2.05) is 0 Å². The molecule has 0 unspecified atom stereocenters. The smallest absolute Gasteiger partial charge is 0.251 e. The van der Waals surface area contributed by atoms with Crippen molar-refractivity contribution in [2.24, 2.45) is 5.92 Å². The van der Waals surface area contributed by atoms with Gasteiger partial charge in [-0.3, -0.25) is 25.2 Å². The van der Waals surface area contributed by atoms with E-state index >= 15 is 0 Å². The molecular weight excluding hydrogens is 246 g/mol. The molecule has 0 aromatic carbocycles. The Kier molecular flexibility index (Phi) is 4.76. The van der Waals surface area contributed by atoms with Gasteiger partial charge in [-0.2, -0.15) is 0 Å². The summed E-state index contributed by atoms with van der Waals surface area (Å²) in [6.07, 6.45) is 7.39. The molecule has 3 N–H and O–H groups in total. The second-order valence-corrected chi connectivity index (χ2v) is 5.33. The molecule has 106 valence electrons. The number of carbonyl (C=O) groups is 3. The van der Waals surface area contributed by atoms with Crippen LogP contribution in [0.4, 0.5) is 0 Å². The summed E-state index contributed by atoms with van der Waals surface area (Å²) in [6, 6.07) is 0.265. The minimum absolute atomic E-state index is 0.0561. The highest BCUT2D eigenvalue weighted by molar-refractivity contribution is 6.05. The Morgan fingerprint density at radius 3 is 2.21 bits per heavy atom. The van der Waals surface area contributed by atoms with E-state index in [-0.39, 0.29) is 36.6 Å². The lowest BCUT2D eigenvalue weighted by Gasteiger charge is -2.16. The highest BCUT2D eigenvalue weighted by atomic mass is 16.2. The Bertz CT molecular complexity index is 346. The molecule has 2 rings (SSSR count). The van der Waals surface area contributed by atoms with Crippen LogP contribution < -0.4 is 16.2 Å². The Morgan fingerprint density at radius 2 is 1.63 bits per heavy atom. The van der Waals surface area contributed by atoms with E-state index in [2.05, 4.69) is 16.2 Å². The lowest BCUT2D eigenvalue weighted by atomic mass is 10.0. The number of hydrogen-bond acceptors (Lipinski definition) is 3. The molecule has 2 aliphatic rings. The molecule has 1 heterocycles.